The molecule has 1 aromatic heterocycles. The van der Waals surface area contributed by atoms with Crippen molar-refractivity contribution in [2.45, 2.75) is 63.5 Å². The Bertz CT molecular complexity index is 2060. The Kier molecular flexibility index (Phi) is 12.9. The molecule has 7 rings (SSSR count). The number of aromatic nitrogens is 2. The molecule has 2 amide bonds. The van der Waals surface area contributed by atoms with Gasteiger partial charge in [0.1, 0.15) is 16.8 Å². The van der Waals surface area contributed by atoms with Gasteiger partial charge in [0.2, 0.25) is 17.8 Å². The molecule has 57 heavy (non-hydrogen) atoms. The minimum Gasteiger partial charge on any atom is -0.494 e. The summed E-state index contributed by atoms with van der Waals surface area (Å²) >= 11 is 6.45. The molecule has 3 fully saturated rings. The number of likely N-dealkylation sites (tertiary alicyclic amines) is 1. The molecule has 0 saturated carbocycles. The third-order valence-corrected chi connectivity index (χ3v) is 11.7. The average molecular weight is 794 g/mol. The van der Waals surface area contributed by atoms with Crippen molar-refractivity contribution >= 4 is 63.7 Å². The molecule has 4 heterocycles. The molecule has 3 aliphatic rings. The van der Waals surface area contributed by atoms with E-state index in [1.807, 2.05) is 24.3 Å². The first-order valence-corrected chi connectivity index (χ1v) is 20.2. The number of methoxy groups -OCH3 is 1. The monoisotopic (exact) mass is 793 g/mol. The second-order valence-corrected chi connectivity index (χ2v) is 15.6. The van der Waals surface area contributed by atoms with Crippen LogP contribution >= 0.6 is 11.6 Å². The maximum absolute atomic E-state index is 12.2. The van der Waals surface area contributed by atoms with E-state index in [4.69, 9.17) is 16.3 Å². The van der Waals surface area contributed by atoms with Gasteiger partial charge in [0.25, 0.3) is 0 Å². The number of ketones is 1. The molecule has 3 saturated heterocycles. The fourth-order valence-electron chi connectivity index (χ4n) is 8.05. The summed E-state index contributed by atoms with van der Waals surface area (Å²) in [6.45, 7) is 7.69. The molecule has 2 atom stereocenters. The van der Waals surface area contributed by atoms with E-state index in [-0.39, 0.29) is 23.6 Å². The number of carbonyl (C=O) groups is 3. The van der Waals surface area contributed by atoms with Gasteiger partial charge in [0, 0.05) is 61.6 Å². The molecule has 1 unspecified atom stereocenters. The van der Waals surface area contributed by atoms with Crippen LogP contribution in [0, 0.1) is 0 Å². The maximum Gasteiger partial charge on any atom is 0.249 e. The largest absolute Gasteiger partial charge is 0.494 e. The molecule has 0 radical (unpaired) electrons. The number of amides is 2. The van der Waals surface area contributed by atoms with Crippen LogP contribution in [-0.2, 0) is 9.59 Å². The molecule has 14 heteroatoms. The number of likely N-dealkylation sites (N-methyl/N-ethyl adjacent to an activating group) is 1. The molecule has 300 valence electrons. The fourth-order valence-corrected chi connectivity index (χ4v) is 8.18. The van der Waals surface area contributed by atoms with Crippen molar-refractivity contribution in [3.63, 3.8) is 0 Å². The first-order chi connectivity index (χ1) is 27.6. The number of hydrogen-bond acceptors (Lipinski definition) is 12. The molecular weight excluding hydrogens is 742 g/mol. The second kappa shape index (κ2) is 18.4. The van der Waals surface area contributed by atoms with Gasteiger partial charge < -0.3 is 35.4 Å². The normalized spacial score (nSPS) is 19.3. The Balaban J connectivity index is 0.887. The van der Waals surface area contributed by atoms with E-state index in [9.17, 15) is 14.4 Å². The zero-order valence-corrected chi connectivity index (χ0v) is 33.6. The van der Waals surface area contributed by atoms with Crippen molar-refractivity contribution in [2.24, 2.45) is 0 Å². The zero-order chi connectivity index (χ0) is 39.9. The van der Waals surface area contributed by atoms with Crippen molar-refractivity contribution in [3.05, 3.63) is 89.1 Å². The quantitative estimate of drug-likeness (QED) is 0.0786. The lowest BCUT2D eigenvalue weighted by Crippen LogP contribution is -2.49. The predicted octanol–water partition coefficient (Wildman–Crippen LogP) is 6.83. The van der Waals surface area contributed by atoms with E-state index in [1.165, 1.54) is 25.1 Å². The number of halogens is 1. The molecule has 0 spiro atoms. The van der Waals surface area contributed by atoms with Crippen LogP contribution in [0.3, 0.4) is 0 Å². The number of para-hydroxylation sites is 1. The Morgan fingerprint density at radius 1 is 0.982 bits per heavy atom. The number of Topliss-reactive ketones (excluding diaryl/α,β-unsaturated/α-hetero) is 1. The van der Waals surface area contributed by atoms with Crippen molar-refractivity contribution in [2.75, 3.05) is 74.3 Å². The minimum atomic E-state index is -0.369. The summed E-state index contributed by atoms with van der Waals surface area (Å²) in [6.07, 6.45) is 6.96. The third-order valence-electron chi connectivity index (χ3n) is 11.4. The standard InChI is InChI=1S/C43H52ClN9O4/c1-28(54)34-8-4-5-9-36(34)47-41-35(44)26-45-43(50-41)48-37-15-14-32(25-39(37)57-3)53-20-6-7-33(27-53)51(2)23-24-52-21-18-30(19-22-52)29-10-12-31(13-11-29)46-38-16-17-40(55)49-42(38)56/h4-5,8-15,25-26,30,33,38,46H,6-7,16-24,27H2,1-3H3,(H,49,55,56)(H2,45,47,48,50)/t33-,38?/m0/s1. The van der Waals surface area contributed by atoms with Crippen LogP contribution < -0.4 is 30.9 Å². The predicted molar refractivity (Wildman–Crippen MR) is 226 cm³/mol. The lowest BCUT2D eigenvalue weighted by atomic mass is 9.89. The molecule has 3 aromatic carbocycles. The molecule has 4 N–H and O–H groups in total. The number of carbonyl (C=O) groups excluding carboxylic acids is 3. The number of hydrogen-bond donors (Lipinski definition) is 4. The van der Waals surface area contributed by atoms with E-state index >= 15 is 0 Å². The topological polar surface area (TPSA) is 144 Å². The number of anilines is 6. The fraction of sp³-hybridized carbons (Fsp3) is 0.419. The SMILES string of the molecule is COc1cc(N2CCC[C@H](N(C)CCN3CCC(c4ccc(NC5CCC(=O)NC5=O)cc4)CC3)C2)ccc1Nc1ncc(Cl)c(Nc2ccccc2C(C)=O)n1. The van der Waals surface area contributed by atoms with Gasteiger partial charge in [0.05, 0.1) is 24.7 Å². The van der Waals surface area contributed by atoms with Crippen LogP contribution in [0.25, 0.3) is 0 Å². The lowest BCUT2D eigenvalue weighted by Gasteiger charge is -2.40. The number of nitrogens with one attached hydrogen (secondary N) is 4. The number of benzene rings is 3. The van der Waals surface area contributed by atoms with Gasteiger partial charge in [-0.25, -0.2) is 4.98 Å². The van der Waals surface area contributed by atoms with Gasteiger partial charge >= 0.3 is 0 Å². The first kappa shape index (κ1) is 40.0. The Morgan fingerprint density at radius 2 is 1.77 bits per heavy atom. The van der Waals surface area contributed by atoms with Crippen LogP contribution in [-0.4, -0.2) is 103 Å². The Morgan fingerprint density at radius 3 is 2.53 bits per heavy atom. The van der Waals surface area contributed by atoms with Crippen LogP contribution in [0.15, 0.2) is 72.9 Å². The first-order valence-electron chi connectivity index (χ1n) is 19.9. The van der Waals surface area contributed by atoms with Crippen LogP contribution in [0.2, 0.25) is 5.02 Å². The van der Waals surface area contributed by atoms with Crippen molar-refractivity contribution in [3.8, 4) is 5.75 Å². The number of ether oxygens (including phenoxy) is 1. The molecule has 3 aliphatic heterocycles. The van der Waals surface area contributed by atoms with E-state index in [2.05, 4.69) is 89.4 Å². The van der Waals surface area contributed by atoms with Crippen molar-refractivity contribution < 1.29 is 19.1 Å². The van der Waals surface area contributed by atoms with Crippen molar-refractivity contribution in [1.82, 2.24) is 25.1 Å². The molecule has 13 nitrogen and oxygen atoms in total. The van der Waals surface area contributed by atoms with Gasteiger partial charge in [-0.2, -0.15) is 4.98 Å². The van der Waals surface area contributed by atoms with Gasteiger partial charge in [0.15, 0.2) is 11.6 Å². The number of rotatable bonds is 14. The Labute approximate surface area is 339 Å². The highest BCUT2D eigenvalue weighted by Gasteiger charge is 2.28. The minimum absolute atomic E-state index is 0.0600. The van der Waals surface area contributed by atoms with E-state index < -0.39 is 0 Å². The number of imide groups is 1. The van der Waals surface area contributed by atoms with Gasteiger partial charge in [-0.1, -0.05) is 35.9 Å². The third kappa shape index (κ3) is 10.0. The highest BCUT2D eigenvalue weighted by atomic mass is 35.5. The van der Waals surface area contributed by atoms with E-state index in [0.717, 1.165) is 75.6 Å². The lowest BCUT2D eigenvalue weighted by molar-refractivity contribution is -0.133. The van der Waals surface area contributed by atoms with Crippen LogP contribution in [0.1, 0.15) is 67.3 Å². The molecule has 0 aliphatic carbocycles. The van der Waals surface area contributed by atoms with Gasteiger partial charge in [-0.05, 0) is 107 Å². The number of nitrogens with zero attached hydrogens (tertiary/aromatic N) is 5. The van der Waals surface area contributed by atoms with E-state index in [0.29, 0.717) is 58.6 Å². The Hall–Kier alpha value is -5.24. The smallest absolute Gasteiger partial charge is 0.249 e. The molecule has 0 bridgehead atoms. The summed E-state index contributed by atoms with van der Waals surface area (Å²) in [4.78, 5) is 52.3. The molecular formula is C43H52ClN9O4. The van der Waals surface area contributed by atoms with Crippen LogP contribution in [0.4, 0.5) is 34.5 Å². The molecule has 4 aromatic rings. The maximum atomic E-state index is 12.2. The number of piperidine rings is 3. The summed E-state index contributed by atoms with van der Waals surface area (Å²) in [5, 5.41) is 12.5. The highest BCUT2D eigenvalue weighted by molar-refractivity contribution is 6.33. The zero-order valence-electron chi connectivity index (χ0n) is 32.9. The summed E-state index contributed by atoms with van der Waals surface area (Å²) in [6, 6.07) is 22.0. The van der Waals surface area contributed by atoms with Gasteiger partial charge in [-0.3, -0.25) is 19.7 Å². The summed E-state index contributed by atoms with van der Waals surface area (Å²) < 4.78 is 5.83. The highest BCUT2D eigenvalue weighted by Crippen LogP contribution is 2.35. The van der Waals surface area contributed by atoms with Crippen LogP contribution in [0.5, 0.6) is 5.75 Å². The second-order valence-electron chi connectivity index (χ2n) is 15.2. The average Bonchev–Trinajstić information content (AvgIpc) is 3.23. The summed E-state index contributed by atoms with van der Waals surface area (Å²) in [7, 11) is 3.92. The van der Waals surface area contributed by atoms with Gasteiger partial charge in [-0.15, -0.1) is 0 Å². The van der Waals surface area contributed by atoms with Crippen molar-refractivity contribution in [1.29, 1.82) is 0 Å². The summed E-state index contributed by atoms with van der Waals surface area (Å²) in [5.41, 5.74) is 5.26. The summed E-state index contributed by atoms with van der Waals surface area (Å²) in [5.74, 6) is 1.43. The van der Waals surface area contributed by atoms with E-state index in [1.54, 1.807) is 13.2 Å².